The summed E-state index contributed by atoms with van der Waals surface area (Å²) in [6.07, 6.45) is 6.40. The van der Waals surface area contributed by atoms with Gasteiger partial charge >= 0.3 is 5.97 Å². The van der Waals surface area contributed by atoms with Crippen LogP contribution >= 0.6 is 0 Å². The lowest BCUT2D eigenvalue weighted by molar-refractivity contribution is -0.154. The summed E-state index contributed by atoms with van der Waals surface area (Å²) in [5, 5.41) is 13.4. The third-order valence-electron chi connectivity index (χ3n) is 8.02. The Kier molecular flexibility index (Phi) is 5.36. The lowest BCUT2D eigenvalue weighted by Gasteiger charge is -2.37. The number of hydrogen-bond acceptors (Lipinski definition) is 3. The normalized spacial score (nSPS) is 18.6. The number of nitrogens with zero attached hydrogens (tertiary/aromatic N) is 2. The summed E-state index contributed by atoms with van der Waals surface area (Å²) in [5.74, 6) is 0.161. The monoisotopic (exact) mass is 465 g/mol. The molecular formula is C30H31N3O2. The summed E-state index contributed by atoms with van der Waals surface area (Å²) in [6.45, 7) is 2.09. The van der Waals surface area contributed by atoms with Crippen LogP contribution in [0.4, 0.5) is 11.6 Å². The first-order chi connectivity index (χ1) is 17.0. The van der Waals surface area contributed by atoms with Gasteiger partial charge in [0.15, 0.2) is 0 Å². The van der Waals surface area contributed by atoms with Crippen molar-refractivity contribution in [3.05, 3.63) is 89.0 Å². The fourth-order valence-electron chi connectivity index (χ4n) is 5.88. The van der Waals surface area contributed by atoms with Crippen molar-refractivity contribution in [2.45, 2.75) is 57.9 Å². The van der Waals surface area contributed by atoms with Gasteiger partial charge in [0.1, 0.15) is 0 Å². The van der Waals surface area contributed by atoms with Crippen LogP contribution in [0, 0.1) is 12.3 Å². The number of rotatable bonds is 6. The van der Waals surface area contributed by atoms with E-state index in [4.69, 9.17) is 4.98 Å². The third kappa shape index (κ3) is 3.89. The molecule has 5 nitrogen and oxygen atoms in total. The molecule has 6 rings (SSSR count). The number of carboxylic acids is 1. The summed E-state index contributed by atoms with van der Waals surface area (Å²) < 4.78 is 2.35. The van der Waals surface area contributed by atoms with Crippen molar-refractivity contribution < 1.29 is 9.90 Å². The zero-order valence-electron chi connectivity index (χ0n) is 20.1. The lowest BCUT2D eigenvalue weighted by Crippen LogP contribution is -2.39. The van der Waals surface area contributed by atoms with Crippen LogP contribution < -0.4 is 5.32 Å². The van der Waals surface area contributed by atoms with E-state index in [1.807, 2.05) is 0 Å². The molecule has 2 aliphatic carbocycles. The predicted molar refractivity (Wildman–Crippen MR) is 139 cm³/mol. The second kappa shape index (κ2) is 8.56. The first kappa shape index (κ1) is 21.9. The largest absolute Gasteiger partial charge is 0.481 e. The topological polar surface area (TPSA) is 67.2 Å². The quantitative estimate of drug-likeness (QED) is 0.328. The van der Waals surface area contributed by atoms with Crippen molar-refractivity contribution in [3.63, 3.8) is 0 Å². The summed E-state index contributed by atoms with van der Waals surface area (Å²) >= 11 is 0. The molecule has 1 heterocycles. The van der Waals surface area contributed by atoms with Crippen LogP contribution in [0.25, 0.3) is 11.0 Å². The average molecular weight is 466 g/mol. The van der Waals surface area contributed by atoms with Gasteiger partial charge in [-0.05, 0) is 86.4 Å². The highest BCUT2D eigenvalue weighted by Crippen LogP contribution is 2.44. The molecule has 0 amide bonds. The lowest BCUT2D eigenvalue weighted by atomic mass is 9.65. The number of aromatic nitrogens is 2. The Morgan fingerprint density at radius 2 is 1.89 bits per heavy atom. The van der Waals surface area contributed by atoms with Gasteiger partial charge in [0.2, 0.25) is 5.95 Å². The van der Waals surface area contributed by atoms with Crippen molar-refractivity contribution in [2.24, 2.45) is 5.41 Å². The maximum Gasteiger partial charge on any atom is 0.309 e. The SMILES string of the molecule is Cc1ccc(Nc2nc3cc(CC4(C(=O)O)CCC4)ccc3n2[C@@H]2CCCc3ccccc32)cc1. The minimum Gasteiger partial charge on any atom is -0.481 e. The number of carbonyl (C=O) groups is 1. The first-order valence-corrected chi connectivity index (χ1v) is 12.7. The molecule has 35 heavy (non-hydrogen) atoms. The molecule has 2 aliphatic rings. The van der Waals surface area contributed by atoms with Crippen molar-refractivity contribution >= 4 is 28.6 Å². The maximum atomic E-state index is 12.0. The van der Waals surface area contributed by atoms with E-state index in [-0.39, 0.29) is 6.04 Å². The summed E-state index contributed by atoms with van der Waals surface area (Å²) in [5.41, 5.74) is 7.46. The fraction of sp³-hybridized carbons (Fsp3) is 0.333. The van der Waals surface area contributed by atoms with Crippen LogP contribution in [0.2, 0.25) is 0 Å². The number of nitrogens with one attached hydrogen (secondary N) is 1. The van der Waals surface area contributed by atoms with Gasteiger partial charge in [-0.3, -0.25) is 4.79 Å². The minimum atomic E-state index is -0.671. The Morgan fingerprint density at radius 3 is 2.63 bits per heavy atom. The first-order valence-electron chi connectivity index (χ1n) is 12.7. The van der Waals surface area contributed by atoms with Crippen molar-refractivity contribution in [3.8, 4) is 0 Å². The van der Waals surface area contributed by atoms with Crippen molar-refractivity contribution in [1.29, 1.82) is 0 Å². The second-order valence-corrected chi connectivity index (χ2v) is 10.3. The Labute approximate surface area is 205 Å². The predicted octanol–water partition coefficient (Wildman–Crippen LogP) is 6.81. The van der Waals surface area contributed by atoms with Gasteiger partial charge in [0.25, 0.3) is 0 Å². The molecule has 0 spiro atoms. The van der Waals surface area contributed by atoms with Gasteiger partial charge in [-0.1, -0.05) is 54.4 Å². The Bertz CT molecular complexity index is 1400. The number of imidazole rings is 1. The van der Waals surface area contributed by atoms with Gasteiger partial charge in [-0.25, -0.2) is 4.98 Å². The molecule has 1 aromatic heterocycles. The van der Waals surface area contributed by atoms with Crippen LogP contribution in [0.5, 0.6) is 0 Å². The van der Waals surface area contributed by atoms with Gasteiger partial charge in [-0.2, -0.15) is 0 Å². The number of benzene rings is 3. The maximum absolute atomic E-state index is 12.0. The van der Waals surface area contributed by atoms with E-state index in [2.05, 4.69) is 83.5 Å². The molecule has 1 saturated carbocycles. The summed E-state index contributed by atoms with van der Waals surface area (Å²) in [4.78, 5) is 17.0. The number of hydrogen-bond donors (Lipinski definition) is 2. The highest BCUT2D eigenvalue weighted by Gasteiger charge is 2.44. The number of aliphatic carboxylic acids is 1. The van der Waals surface area contributed by atoms with Crippen LogP contribution in [-0.4, -0.2) is 20.6 Å². The molecule has 0 unspecified atom stereocenters. The average Bonchev–Trinajstić information content (AvgIpc) is 3.19. The molecule has 1 atom stereocenters. The van der Waals surface area contributed by atoms with E-state index < -0.39 is 11.4 Å². The Hall–Kier alpha value is -3.60. The summed E-state index contributed by atoms with van der Waals surface area (Å²) in [7, 11) is 0. The number of aryl methyl sites for hydroxylation is 2. The molecule has 178 valence electrons. The van der Waals surface area contributed by atoms with Gasteiger partial charge < -0.3 is 15.0 Å². The molecule has 0 radical (unpaired) electrons. The Morgan fingerprint density at radius 1 is 1.09 bits per heavy atom. The zero-order valence-corrected chi connectivity index (χ0v) is 20.1. The van der Waals surface area contributed by atoms with E-state index in [1.165, 1.54) is 16.7 Å². The highest BCUT2D eigenvalue weighted by molar-refractivity contribution is 5.82. The van der Waals surface area contributed by atoms with E-state index in [0.29, 0.717) is 6.42 Å². The van der Waals surface area contributed by atoms with Gasteiger partial charge in [-0.15, -0.1) is 0 Å². The van der Waals surface area contributed by atoms with Crippen LogP contribution in [0.1, 0.15) is 60.4 Å². The van der Waals surface area contributed by atoms with E-state index >= 15 is 0 Å². The van der Waals surface area contributed by atoms with E-state index in [0.717, 1.165) is 66.8 Å². The van der Waals surface area contributed by atoms with Crippen LogP contribution in [0.3, 0.4) is 0 Å². The highest BCUT2D eigenvalue weighted by atomic mass is 16.4. The molecule has 3 aromatic carbocycles. The molecule has 0 aliphatic heterocycles. The molecule has 2 N–H and O–H groups in total. The van der Waals surface area contributed by atoms with Gasteiger partial charge in [0.05, 0.1) is 22.5 Å². The van der Waals surface area contributed by atoms with Crippen molar-refractivity contribution in [2.75, 3.05) is 5.32 Å². The Balaban J connectivity index is 1.45. The molecular weight excluding hydrogens is 434 g/mol. The minimum absolute atomic E-state index is 0.209. The van der Waals surface area contributed by atoms with Crippen LogP contribution in [-0.2, 0) is 17.6 Å². The van der Waals surface area contributed by atoms with Gasteiger partial charge in [0, 0.05) is 5.69 Å². The molecule has 0 bridgehead atoms. The van der Waals surface area contributed by atoms with Crippen LogP contribution in [0.15, 0.2) is 66.7 Å². The molecule has 5 heteroatoms. The number of fused-ring (bicyclic) bond motifs is 2. The standard InChI is InChI=1S/C30H31N3O2/c1-20-10-13-23(14-11-20)31-29-32-25-18-21(19-30(28(34)35)16-5-17-30)12-15-27(25)33(29)26-9-4-7-22-6-2-3-8-24(22)26/h2-3,6,8,10-15,18,26H,4-5,7,9,16-17,19H2,1H3,(H,31,32)(H,34,35)/t26-/m1/s1. The second-order valence-electron chi connectivity index (χ2n) is 10.3. The summed E-state index contributed by atoms with van der Waals surface area (Å²) in [6, 6.07) is 23.7. The zero-order chi connectivity index (χ0) is 24.0. The molecule has 1 fully saturated rings. The van der Waals surface area contributed by atoms with E-state index in [1.54, 1.807) is 0 Å². The molecule has 4 aromatic rings. The van der Waals surface area contributed by atoms with E-state index in [9.17, 15) is 9.90 Å². The third-order valence-corrected chi connectivity index (χ3v) is 8.02. The molecule has 0 saturated heterocycles. The van der Waals surface area contributed by atoms with Crippen molar-refractivity contribution in [1.82, 2.24) is 9.55 Å². The number of anilines is 2. The smallest absolute Gasteiger partial charge is 0.309 e. The fourth-order valence-corrected chi connectivity index (χ4v) is 5.88. The number of carboxylic acid groups (broad SMARTS) is 1.